The number of nitrogens with one attached hydrogen (secondary N) is 2. The summed E-state index contributed by atoms with van der Waals surface area (Å²) in [5.74, 6) is -2.02. The van der Waals surface area contributed by atoms with Gasteiger partial charge in [-0.05, 0) is 68.9 Å². The third kappa shape index (κ3) is 13.0. The normalized spacial score (nSPS) is 21.8. The van der Waals surface area contributed by atoms with Crippen LogP contribution in [-0.4, -0.2) is 66.4 Å². The summed E-state index contributed by atoms with van der Waals surface area (Å²) in [5.41, 5.74) is 1.98. The van der Waals surface area contributed by atoms with Gasteiger partial charge < -0.3 is 10.6 Å². The fraction of sp³-hybridized carbons (Fsp3) is 0.559. The van der Waals surface area contributed by atoms with Crippen LogP contribution in [0.15, 0.2) is 59.2 Å². The molecule has 2 saturated carbocycles. The molecule has 1 aliphatic heterocycles. The summed E-state index contributed by atoms with van der Waals surface area (Å²) in [6.07, 6.45) is 10.4. The molecule has 3 atom stereocenters. The Morgan fingerprint density at radius 2 is 1.89 bits per heavy atom. The number of guanidine groups is 1. The Hall–Kier alpha value is -3.76. The summed E-state index contributed by atoms with van der Waals surface area (Å²) in [6, 6.07) is 6.99. The quantitative estimate of drug-likeness (QED) is 0.137. The van der Waals surface area contributed by atoms with Gasteiger partial charge in [0.15, 0.2) is 0 Å². The minimum atomic E-state index is -2.59. The molecule has 8 nitrogen and oxygen atoms in total. The van der Waals surface area contributed by atoms with E-state index in [2.05, 4.69) is 27.2 Å². The number of carbonyl (C=O) groups is 3. The maximum absolute atomic E-state index is 13.2. The van der Waals surface area contributed by atoms with Gasteiger partial charge in [-0.25, -0.2) is 18.2 Å². The molecule has 2 amide bonds. The van der Waals surface area contributed by atoms with Gasteiger partial charge in [0.1, 0.15) is 18.5 Å². The van der Waals surface area contributed by atoms with Gasteiger partial charge in [-0.2, -0.15) is 0 Å². The predicted molar refractivity (Wildman–Crippen MR) is 173 cm³/mol. The van der Waals surface area contributed by atoms with E-state index in [1.54, 1.807) is 17.2 Å². The highest BCUT2D eigenvalue weighted by Gasteiger charge is 2.36. The monoisotopic (exact) mass is 631 g/mol. The lowest BCUT2D eigenvalue weighted by Crippen LogP contribution is -2.44. The number of amides is 2. The van der Waals surface area contributed by atoms with E-state index in [0.29, 0.717) is 44.5 Å². The average molecular weight is 632 g/mol. The molecule has 248 valence electrons. The number of benzene rings is 1. The Morgan fingerprint density at radius 1 is 1.20 bits per heavy atom. The highest BCUT2D eigenvalue weighted by Crippen LogP contribution is 2.34. The van der Waals surface area contributed by atoms with E-state index in [1.807, 2.05) is 45.0 Å². The molecule has 1 aromatic rings. The highest BCUT2D eigenvalue weighted by molar-refractivity contribution is 6.01. The van der Waals surface area contributed by atoms with Gasteiger partial charge in [-0.1, -0.05) is 50.8 Å². The van der Waals surface area contributed by atoms with Crippen LogP contribution in [0.4, 0.5) is 13.2 Å². The second-order valence-electron chi connectivity index (χ2n) is 11.1. The smallest absolute Gasteiger partial charge is 0.248 e. The maximum Gasteiger partial charge on any atom is 0.248 e. The number of halogens is 3. The predicted octanol–water partition coefficient (Wildman–Crippen LogP) is 6.28. The lowest BCUT2D eigenvalue weighted by molar-refractivity contribution is -0.125. The summed E-state index contributed by atoms with van der Waals surface area (Å²) in [5, 5.41) is 5.89. The fourth-order valence-electron chi connectivity index (χ4n) is 4.97. The minimum Gasteiger partial charge on any atom is -0.377 e. The van der Waals surface area contributed by atoms with Crippen molar-refractivity contribution < 1.29 is 27.6 Å². The molecule has 0 aromatic heterocycles. The maximum atomic E-state index is 13.2. The van der Waals surface area contributed by atoms with Crippen molar-refractivity contribution in [1.29, 1.82) is 0 Å². The third-order valence-corrected chi connectivity index (χ3v) is 7.56. The molecule has 3 aliphatic rings. The van der Waals surface area contributed by atoms with Crippen molar-refractivity contribution in [2.75, 3.05) is 13.1 Å². The van der Waals surface area contributed by atoms with Crippen LogP contribution in [-0.2, 0) is 20.8 Å². The van der Waals surface area contributed by atoms with Crippen LogP contribution >= 0.6 is 0 Å². The van der Waals surface area contributed by atoms with E-state index < -0.39 is 18.1 Å². The van der Waals surface area contributed by atoms with Gasteiger partial charge in [0, 0.05) is 50.5 Å². The van der Waals surface area contributed by atoms with Crippen molar-refractivity contribution in [2.24, 2.45) is 15.9 Å². The first kappa shape index (κ1) is 37.4. The van der Waals surface area contributed by atoms with Gasteiger partial charge in [0.05, 0.1) is 0 Å². The number of aldehydes is 1. The number of alkyl halides is 3. The van der Waals surface area contributed by atoms with Crippen LogP contribution in [0.2, 0.25) is 0 Å². The van der Waals surface area contributed by atoms with Crippen molar-refractivity contribution >= 4 is 30.3 Å². The highest BCUT2D eigenvalue weighted by atomic mass is 19.3. The first-order valence-electron chi connectivity index (χ1n) is 15.9. The number of hydrogen-bond donors (Lipinski definition) is 2. The topological polar surface area (TPSA) is 103 Å². The summed E-state index contributed by atoms with van der Waals surface area (Å²) < 4.78 is 38.4. The first-order chi connectivity index (χ1) is 21.6. The summed E-state index contributed by atoms with van der Waals surface area (Å²) in [7, 11) is 0. The largest absolute Gasteiger partial charge is 0.377 e. The zero-order chi connectivity index (χ0) is 33.2. The lowest BCUT2D eigenvalue weighted by atomic mass is 9.91. The molecule has 45 heavy (non-hydrogen) atoms. The summed E-state index contributed by atoms with van der Waals surface area (Å²) in [4.78, 5) is 43.8. The molecule has 11 heteroatoms. The van der Waals surface area contributed by atoms with Crippen molar-refractivity contribution in [1.82, 2.24) is 15.5 Å². The molecule has 0 bridgehead atoms. The van der Waals surface area contributed by atoms with Gasteiger partial charge in [-0.15, -0.1) is 0 Å². The SMILES string of the molecule is C=CNC(C(=O)NC1CCC(F)(F)CC1)c1ccccc1CC.CC/C=N\C(=NCC)N1CCCC1=O.O=C/C=C\C1CC1F. The minimum absolute atomic E-state index is 0.0419. The number of rotatable bonds is 10. The van der Waals surface area contributed by atoms with Crippen molar-refractivity contribution in [3.8, 4) is 0 Å². The zero-order valence-corrected chi connectivity index (χ0v) is 26.7. The van der Waals surface area contributed by atoms with E-state index >= 15 is 0 Å². The summed E-state index contributed by atoms with van der Waals surface area (Å²) >= 11 is 0. The van der Waals surface area contributed by atoms with E-state index in [4.69, 9.17) is 0 Å². The third-order valence-electron chi connectivity index (χ3n) is 7.56. The van der Waals surface area contributed by atoms with Crippen LogP contribution in [0.1, 0.15) is 89.3 Å². The van der Waals surface area contributed by atoms with E-state index in [-0.39, 0.29) is 36.6 Å². The van der Waals surface area contributed by atoms with E-state index in [9.17, 15) is 27.6 Å². The Kier molecular flexibility index (Phi) is 16.3. The number of likely N-dealkylation sites (tertiary alicyclic amines) is 1. The molecule has 3 unspecified atom stereocenters. The molecular formula is C34H48F3N5O3. The number of nitrogens with zero attached hydrogens (tertiary/aromatic N) is 3. The number of carbonyl (C=O) groups excluding carboxylic acids is 3. The molecule has 3 fully saturated rings. The zero-order valence-electron chi connectivity index (χ0n) is 26.7. The molecule has 0 spiro atoms. The Balaban J connectivity index is 0.000000270. The Bertz CT molecular complexity index is 1190. The molecule has 0 radical (unpaired) electrons. The van der Waals surface area contributed by atoms with Crippen LogP contribution in [0, 0.1) is 5.92 Å². The molecule has 2 N–H and O–H groups in total. The number of aryl methyl sites for hydroxylation is 1. The van der Waals surface area contributed by atoms with Crippen molar-refractivity contribution in [3.05, 3.63) is 60.3 Å². The van der Waals surface area contributed by atoms with Crippen LogP contribution in [0.25, 0.3) is 0 Å². The molecule has 1 saturated heterocycles. The lowest BCUT2D eigenvalue weighted by Gasteiger charge is -2.30. The second-order valence-corrected chi connectivity index (χ2v) is 11.1. The van der Waals surface area contributed by atoms with E-state index in [1.165, 1.54) is 12.3 Å². The van der Waals surface area contributed by atoms with Gasteiger partial charge in [-0.3, -0.25) is 24.3 Å². The van der Waals surface area contributed by atoms with Crippen LogP contribution in [0.5, 0.6) is 0 Å². The van der Waals surface area contributed by atoms with Gasteiger partial charge in [0.2, 0.25) is 23.7 Å². The number of hydrogen-bond acceptors (Lipinski definition) is 5. The van der Waals surface area contributed by atoms with Crippen molar-refractivity contribution in [3.63, 3.8) is 0 Å². The molecular weight excluding hydrogens is 583 g/mol. The molecule has 4 rings (SSSR count). The molecule has 2 aliphatic carbocycles. The number of aliphatic imine (C=N–C) groups is 2. The molecule has 1 aromatic carbocycles. The van der Waals surface area contributed by atoms with E-state index in [0.717, 1.165) is 36.9 Å². The fourth-order valence-corrected chi connectivity index (χ4v) is 4.97. The standard InChI is InChI=1S/C18H24F2N2O.C10H17N3O.C6H7FO/c1-3-13-7-5-6-8-15(13)16(21-4-2)17(23)22-14-9-11-18(19,20)12-10-14;1-3-7-12-10(11-4-2)13-8-5-6-9(13)14;7-6-4-5(6)2-1-3-8/h4-8,14,16,21H,2-3,9-12H2,1H3,(H,22,23);7H,3-6,8H2,1-2H3;1-3,5-6H,4H2/b;11-10?,12-7-;2-1-. The number of allylic oxidation sites excluding steroid dienone is 2. The van der Waals surface area contributed by atoms with Crippen LogP contribution < -0.4 is 10.6 Å². The first-order valence-corrected chi connectivity index (χ1v) is 15.9. The average Bonchev–Trinajstić information content (AvgIpc) is 3.58. The van der Waals surface area contributed by atoms with Crippen LogP contribution in [0.3, 0.4) is 0 Å². The summed E-state index contributed by atoms with van der Waals surface area (Å²) in [6.45, 7) is 11.1. The Morgan fingerprint density at radius 3 is 2.42 bits per heavy atom. The molecule has 1 heterocycles. The Labute approximate surface area is 265 Å². The van der Waals surface area contributed by atoms with Gasteiger partial charge in [0.25, 0.3) is 0 Å². The van der Waals surface area contributed by atoms with Gasteiger partial charge >= 0.3 is 0 Å². The second kappa shape index (κ2) is 19.6. The van der Waals surface area contributed by atoms with Crippen molar-refractivity contribution in [2.45, 2.75) is 103 Å².